The predicted molar refractivity (Wildman–Crippen MR) is 125 cm³/mol. The molecule has 1 amide bonds. The molecule has 2 aliphatic carbocycles. The van der Waals surface area contributed by atoms with Crippen molar-refractivity contribution in [2.24, 2.45) is 11.3 Å². The summed E-state index contributed by atoms with van der Waals surface area (Å²) in [5.74, 6) is 1.13. The number of amides is 1. The smallest absolute Gasteiger partial charge is 0.229 e. The molecule has 4 aromatic rings. The van der Waals surface area contributed by atoms with Crippen LogP contribution in [0, 0.1) is 18.3 Å². The predicted octanol–water partition coefficient (Wildman–Crippen LogP) is 4.09. The Labute approximate surface area is 195 Å². The van der Waals surface area contributed by atoms with Crippen LogP contribution in [0.15, 0.2) is 41.1 Å². The van der Waals surface area contributed by atoms with Crippen LogP contribution in [-0.4, -0.2) is 39.2 Å². The third-order valence-corrected chi connectivity index (χ3v) is 7.78. The number of nitrogens with zero attached hydrogens (tertiary/aromatic N) is 3. The fraction of sp³-hybridized carbons (Fsp3) is 0.385. The van der Waals surface area contributed by atoms with Gasteiger partial charge in [-0.15, -0.1) is 0 Å². The first-order chi connectivity index (χ1) is 16.4. The van der Waals surface area contributed by atoms with Crippen molar-refractivity contribution in [1.29, 1.82) is 0 Å². The minimum absolute atomic E-state index is 0.0555. The maximum absolute atomic E-state index is 12.6. The summed E-state index contributed by atoms with van der Waals surface area (Å²) in [5.41, 5.74) is 2.92. The van der Waals surface area contributed by atoms with Crippen LogP contribution in [0.1, 0.15) is 36.9 Å². The van der Waals surface area contributed by atoms with E-state index in [2.05, 4.69) is 15.3 Å². The number of ether oxygens (including phenoxy) is 1. The molecule has 1 saturated heterocycles. The minimum atomic E-state index is -0.995. The van der Waals surface area contributed by atoms with Gasteiger partial charge in [-0.3, -0.25) is 9.78 Å². The summed E-state index contributed by atoms with van der Waals surface area (Å²) < 4.78 is 11.5. The molecule has 2 N–H and O–H groups in total. The van der Waals surface area contributed by atoms with Gasteiger partial charge in [-0.1, -0.05) is 6.07 Å². The molecule has 172 valence electrons. The molecule has 1 aliphatic heterocycles. The van der Waals surface area contributed by atoms with Crippen LogP contribution in [0.5, 0.6) is 0 Å². The van der Waals surface area contributed by atoms with Gasteiger partial charge < -0.3 is 19.6 Å². The molecule has 8 heteroatoms. The van der Waals surface area contributed by atoms with Gasteiger partial charge in [-0.25, -0.2) is 9.97 Å². The fourth-order valence-corrected chi connectivity index (χ4v) is 5.26. The Morgan fingerprint density at radius 2 is 2.03 bits per heavy atom. The monoisotopic (exact) mass is 456 g/mol. The van der Waals surface area contributed by atoms with Gasteiger partial charge in [0.1, 0.15) is 16.9 Å². The summed E-state index contributed by atoms with van der Waals surface area (Å²) >= 11 is 0. The van der Waals surface area contributed by atoms with E-state index in [-0.39, 0.29) is 18.4 Å². The van der Waals surface area contributed by atoms with Gasteiger partial charge in [-0.2, -0.15) is 0 Å². The Morgan fingerprint density at radius 1 is 1.15 bits per heavy atom. The number of hydrogen-bond donors (Lipinski definition) is 2. The van der Waals surface area contributed by atoms with Crippen molar-refractivity contribution in [3.8, 4) is 11.5 Å². The maximum atomic E-state index is 12.6. The molecular weight excluding hydrogens is 432 g/mol. The summed E-state index contributed by atoms with van der Waals surface area (Å²) in [6.07, 6.45) is 7.36. The molecule has 3 fully saturated rings. The molecule has 34 heavy (non-hydrogen) atoms. The molecule has 1 spiro atoms. The highest BCUT2D eigenvalue weighted by molar-refractivity contribution is 6.00. The molecule has 0 unspecified atom stereocenters. The molecule has 2 saturated carbocycles. The third-order valence-electron chi connectivity index (χ3n) is 7.78. The first-order valence-electron chi connectivity index (χ1n) is 11.7. The maximum Gasteiger partial charge on any atom is 0.229 e. The van der Waals surface area contributed by atoms with E-state index >= 15 is 0 Å². The molecule has 0 bridgehead atoms. The van der Waals surface area contributed by atoms with Crippen LogP contribution in [0.25, 0.3) is 33.3 Å². The second-order valence-electron chi connectivity index (χ2n) is 10.0. The normalized spacial score (nSPS) is 24.7. The van der Waals surface area contributed by atoms with Crippen molar-refractivity contribution >= 4 is 33.6 Å². The molecule has 3 aromatic heterocycles. The van der Waals surface area contributed by atoms with Crippen molar-refractivity contribution in [3.63, 3.8) is 0 Å². The Bertz CT molecular complexity index is 1480. The average molecular weight is 457 g/mol. The van der Waals surface area contributed by atoms with Crippen LogP contribution in [0.4, 0.5) is 5.82 Å². The number of aromatic nitrogens is 3. The van der Waals surface area contributed by atoms with Gasteiger partial charge in [0.2, 0.25) is 11.8 Å². The fourth-order valence-electron chi connectivity index (χ4n) is 5.26. The Kier molecular flexibility index (Phi) is 4.03. The lowest BCUT2D eigenvalue weighted by atomic mass is 9.93. The number of fused-ring (bicyclic) bond motifs is 2. The Hall–Kier alpha value is -3.36. The average Bonchev–Trinajstić information content (AvgIpc) is 3.65. The molecule has 4 heterocycles. The van der Waals surface area contributed by atoms with Gasteiger partial charge in [-0.05, 0) is 55.4 Å². The first-order valence-corrected chi connectivity index (χ1v) is 11.7. The molecule has 8 nitrogen and oxygen atoms in total. The number of anilines is 1. The van der Waals surface area contributed by atoms with Crippen LogP contribution in [0.2, 0.25) is 0 Å². The number of aryl methyl sites for hydroxylation is 1. The van der Waals surface area contributed by atoms with Crippen LogP contribution in [0.3, 0.4) is 0 Å². The molecule has 7 rings (SSSR count). The topological polar surface area (TPSA) is 110 Å². The third kappa shape index (κ3) is 3.05. The van der Waals surface area contributed by atoms with Gasteiger partial charge in [0.25, 0.3) is 0 Å². The number of carbonyl (C=O) groups excluding carboxylic acids is 1. The lowest BCUT2D eigenvalue weighted by Crippen LogP contribution is -2.25. The standard InChI is InChI=1S/C26H24N4O4/c1-14-17-11-28-22(30-23(31)19-10-25(19)4-5-25)9-16(17)18(12-27-14)24-29-20-8-15(2-3-21(20)34-24)26(32)6-7-33-13-26/h2-3,8-9,11-12,19,32H,4-7,10,13H2,1H3,(H,28,30,31)/t19-,26+/m1/s1. The molecule has 2 atom stereocenters. The number of carbonyl (C=O) groups is 1. The number of benzene rings is 1. The number of oxazole rings is 1. The number of hydrogen-bond acceptors (Lipinski definition) is 7. The Balaban J connectivity index is 1.27. The minimum Gasteiger partial charge on any atom is -0.436 e. The van der Waals surface area contributed by atoms with E-state index in [0.29, 0.717) is 41.3 Å². The van der Waals surface area contributed by atoms with Crippen molar-refractivity contribution < 1.29 is 19.1 Å². The van der Waals surface area contributed by atoms with E-state index in [4.69, 9.17) is 14.1 Å². The molecule has 0 radical (unpaired) electrons. The summed E-state index contributed by atoms with van der Waals surface area (Å²) in [5, 5.41) is 15.6. The van der Waals surface area contributed by atoms with E-state index in [1.165, 1.54) is 0 Å². The highest BCUT2D eigenvalue weighted by Gasteiger charge is 2.65. The summed E-state index contributed by atoms with van der Waals surface area (Å²) in [6, 6.07) is 7.42. The van der Waals surface area contributed by atoms with Crippen LogP contribution < -0.4 is 5.32 Å². The van der Waals surface area contributed by atoms with Gasteiger partial charge in [0, 0.05) is 47.8 Å². The van der Waals surface area contributed by atoms with Gasteiger partial charge in [0.15, 0.2) is 5.58 Å². The van der Waals surface area contributed by atoms with Crippen LogP contribution in [-0.2, 0) is 15.1 Å². The molecule has 3 aliphatic rings. The molecular formula is C26H24N4O4. The van der Waals surface area contributed by atoms with Crippen LogP contribution >= 0.6 is 0 Å². The Morgan fingerprint density at radius 3 is 2.79 bits per heavy atom. The molecule has 1 aromatic carbocycles. The summed E-state index contributed by atoms with van der Waals surface area (Å²) in [4.78, 5) is 26.3. The SMILES string of the molecule is Cc1ncc(-c2nc3cc([C@]4(O)CCOC4)ccc3o2)c2cc(NC(=O)[C@H]3CC34CC4)ncc12. The summed E-state index contributed by atoms with van der Waals surface area (Å²) in [6.45, 7) is 2.74. The quantitative estimate of drug-likeness (QED) is 0.476. The highest BCUT2D eigenvalue weighted by Crippen LogP contribution is 2.70. The zero-order valence-corrected chi connectivity index (χ0v) is 18.8. The van der Waals surface area contributed by atoms with Gasteiger partial charge in [0.05, 0.1) is 12.2 Å². The number of aliphatic hydroxyl groups is 1. The van der Waals surface area contributed by atoms with Crippen molar-refractivity contribution in [1.82, 2.24) is 15.0 Å². The van der Waals surface area contributed by atoms with E-state index in [9.17, 15) is 9.90 Å². The highest BCUT2D eigenvalue weighted by atomic mass is 16.5. The summed E-state index contributed by atoms with van der Waals surface area (Å²) in [7, 11) is 0. The lowest BCUT2D eigenvalue weighted by molar-refractivity contribution is -0.117. The number of pyridine rings is 2. The second-order valence-corrected chi connectivity index (χ2v) is 10.0. The zero-order chi connectivity index (χ0) is 23.1. The van der Waals surface area contributed by atoms with Gasteiger partial charge >= 0.3 is 0 Å². The van der Waals surface area contributed by atoms with Crippen molar-refractivity contribution in [3.05, 3.63) is 47.9 Å². The first kappa shape index (κ1) is 20.1. The largest absolute Gasteiger partial charge is 0.436 e. The zero-order valence-electron chi connectivity index (χ0n) is 18.8. The number of rotatable bonds is 4. The van der Waals surface area contributed by atoms with E-state index in [1.54, 1.807) is 12.4 Å². The van der Waals surface area contributed by atoms with E-state index < -0.39 is 5.60 Å². The second kappa shape index (κ2) is 6.84. The van der Waals surface area contributed by atoms with E-state index in [1.807, 2.05) is 31.2 Å². The lowest BCUT2D eigenvalue weighted by Gasteiger charge is -2.20. The van der Waals surface area contributed by atoms with Crippen molar-refractivity contribution in [2.45, 2.75) is 38.2 Å². The van der Waals surface area contributed by atoms with Crippen molar-refractivity contribution in [2.75, 3.05) is 18.5 Å². The number of nitrogens with one attached hydrogen (secondary N) is 1. The van der Waals surface area contributed by atoms with E-state index in [0.717, 1.165) is 46.9 Å².